The van der Waals surface area contributed by atoms with E-state index < -0.39 is 6.10 Å². The van der Waals surface area contributed by atoms with Crippen LogP contribution in [0.2, 0.25) is 0 Å². The van der Waals surface area contributed by atoms with Crippen LogP contribution in [-0.4, -0.2) is 11.0 Å². The highest BCUT2D eigenvalue weighted by atomic mass is 79.9. The zero-order valence-electron chi connectivity index (χ0n) is 11.0. The van der Waals surface area contributed by atoms with Crippen molar-refractivity contribution in [2.24, 2.45) is 0 Å². The van der Waals surface area contributed by atoms with E-state index in [-0.39, 0.29) is 5.91 Å². The van der Waals surface area contributed by atoms with Gasteiger partial charge in [-0.25, -0.2) is 0 Å². The number of amides is 1. The van der Waals surface area contributed by atoms with Gasteiger partial charge in [-0.2, -0.15) is 0 Å². The van der Waals surface area contributed by atoms with E-state index in [9.17, 15) is 9.90 Å². The second kappa shape index (κ2) is 6.20. The summed E-state index contributed by atoms with van der Waals surface area (Å²) in [6.07, 6.45) is 1.60. The molecule has 21 heavy (non-hydrogen) atoms. The molecule has 1 aliphatic heterocycles. The van der Waals surface area contributed by atoms with Crippen LogP contribution < -0.4 is 5.32 Å². The van der Waals surface area contributed by atoms with Crippen molar-refractivity contribution < 1.29 is 9.90 Å². The fourth-order valence-electron chi connectivity index (χ4n) is 2.43. The van der Waals surface area contributed by atoms with Gasteiger partial charge in [-0.15, -0.1) is 11.3 Å². The molecule has 1 aromatic heterocycles. The van der Waals surface area contributed by atoms with Crippen molar-refractivity contribution in [1.82, 2.24) is 0 Å². The summed E-state index contributed by atoms with van der Waals surface area (Å²) in [7, 11) is 0. The fourth-order valence-corrected chi connectivity index (χ4v) is 4.53. The van der Waals surface area contributed by atoms with Gasteiger partial charge in [-0.05, 0) is 68.0 Å². The van der Waals surface area contributed by atoms with Crippen LogP contribution >= 0.6 is 43.2 Å². The van der Waals surface area contributed by atoms with Gasteiger partial charge in [-0.3, -0.25) is 4.79 Å². The lowest BCUT2D eigenvalue weighted by Crippen LogP contribution is -2.09. The number of nitrogens with one attached hydrogen (secondary N) is 1. The Bertz CT molecular complexity index is 679. The van der Waals surface area contributed by atoms with Crippen molar-refractivity contribution in [3.63, 3.8) is 0 Å². The molecule has 1 amide bonds. The first-order valence-corrected chi connectivity index (χ1v) is 9.00. The number of halogens is 2. The van der Waals surface area contributed by atoms with E-state index in [0.29, 0.717) is 6.42 Å². The van der Waals surface area contributed by atoms with Gasteiger partial charge in [0.15, 0.2) is 0 Å². The Balaban J connectivity index is 1.92. The topological polar surface area (TPSA) is 49.3 Å². The Morgan fingerprint density at radius 2 is 2.05 bits per heavy atom. The number of aliphatic hydroxyl groups is 1. The predicted octanol–water partition coefficient (Wildman–Crippen LogP) is 4.63. The molecule has 0 spiro atoms. The minimum Gasteiger partial charge on any atom is -0.383 e. The highest BCUT2D eigenvalue weighted by Crippen LogP contribution is 2.38. The zero-order chi connectivity index (χ0) is 15.0. The maximum Gasteiger partial charge on any atom is 0.224 e. The first-order valence-electron chi connectivity index (χ1n) is 6.60. The summed E-state index contributed by atoms with van der Waals surface area (Å²) < 4.78 is 1.92. The number of aryl methyl sites for hydroxylation is 1. The summed E-state index contributed by atoms with van der Waals surface area (Å²) in [5, 5.41) is 13.4. The number of hydrogen-bond donors (Lipinski definition) is 2. The summed E-state index contributed by atoms with van der Waals surface area (Å²) in [4.78, 5) is 12.4. The van der Waals surface area contributed by atoms with E-state index in [1.54, 1.807) is 0 Å². The van der Waals surface area contributed by atoms with Crippen molar-refractivity contribution in [3.05, 3.63) is 48.5 Å². The van der Waals surface area contributed by atoms with E-state index >= 15 is 0 Å². The van der Waals surface area contributed by atoms with Crippen molar-refractivity contribution in [3.8, 4) is 0 Å². The number of fused-ring (bicyclic) bond motifs is 1. The van der Waals surface area contributed by atoms with Crippen LogP contribution in [0.1, 0.15) is 34.9 Å². The van der Waals surface area contributed by atoms with E-state index in [2.05, 4.69) is 37.2 Å². The third-order valence-corrected chi connectivity index (χ3v) is 6.81. The van der Waals surface area contributed by atoms with Crippen molar-refractivity contribution >= 4 is 54.8 Å². The summed E-state index contributed by atoms with van der Waals surface area (Å²) >= 11 is 8.40. The van der Waals surface area contributed by atoms with E-state index in [1.165, 1.54) is 11.3 Å². The first kappa shape index (κ1) is 15.2. The fraction of sp³-hybridized carbons (Fsp3) is 0.267. The molecule has 0 bridgehead atoms. The van der Waals surface area contributed by atoms with Crippen LogP contribution in [-0.2, 0) is 11.2 Å². The molecule has 0 saturated carbocycles. The quantitative estimate of drug-likeness (QED) is 0.729. The summed E-state index contributed by atoms with van der Waals surface area (Å²) in [5.41, 5.74) is 2.81. The van der Waals surface area contributed by atoms with Crippen LogP contribution in [0.25, 0.3) is 0 Å². The van der Waals surface area contributed by atoms with Crippen LogP contribution in [0.15, 0.2) is 32.5 Å². The van der Waals surface area contributed by atoms with Gasteiger partial charge in [0.05, 0.1) is 3.79 Å². The molecule has 6 heteroatoms. The SMILES string of the molecule is O=C1CCCc2cc(C(O)c3cc(Br)c(Br)s3)ccc2N1. The molecular formula is C15H13Br2NO2S. The van der Waals surface area contributed by atoms with E-state index in [1.807, 2.05) is 24.3 Å². The number of hydrogen-bond acceptors (Lipinski definition) is 3. The molecule has 0 saturated heterocycles. The number of aliphatic hydroxyl groups excluding tert-OH is 1. The standard InChI is InChI=1S/C15H13Br2NO2S/c16-10-7-12(21-15(10)17)14(20)9-4-5-11-8(6-9)2-1-3-13(19)18-11/h4-7,14,20H,1-3H2,(H,18,19). The lowest BCUT2D eigenvalue weighted by molar-refractivity contribution is -0.116. The summed E-state index contributed by atoms with van der Waals surface area (Å²) in [5.74, 6) is 0.0631. The van der Waals surface area contributed by atoms with Gasteiger partial charge >= 0.3 is 0 Å². The number of rotatable bonds is 2. The number of thiophene rings is 1. The second-order valence-corrected chi connectivity index (χ2v) is 8.25. The van der Waals surface area contributed by atoms with E-state index in [0.717, 1.165) is 42.8 Å². The molecule has 1 aromatic carbocycles. The van der Waals surface area contributed by atoms with Gasteiger partial charge in [0, 0.05) is 21.5 Å². The molecule has 0 fully saturated rings. The smallest absolute Gasteiger partial charge is 0.224 e. The average Bonchev–Trinajstić information content (AvgIpc) is 2.68. The Kier molecular flexibility index (Phi) is 4.49. The molecule has 1 atom stereocenters. The molecule has 2 aromatic rings. The highest BCUT2D eigenvalue weighted by molar-refractivity contribution is 9.13. The second-order valence-electron chi connectivity index (χ2n) is 4.99. The number of carbonyl (C=O) groups is 1. The lowest BCUT2D eigenvalue weighted by atomic mass is 10.0. The largest absolute Gasteiger partial charge is 0.383 e. The maximum atomic E-state index is 11.6. The minimum atomic E-state index is -0.651. The van der Waals surface area contributed by atoms with Gasteiger partial charge in [0.25, 0.3) is 0 Å². The Labute approximate surface area is 143 Å². The van der Waals surface area contributed by atoms with Crippen molar-refractivity contribution in [2.45, 2.75) is 25.4 Å². The van der Waals surface area contributed by atoms with Gasteiger partial charge in [0.2, 0.25) is 5.91 Å². The third-order valence-electron chi connectivity index (χ3n) is 3.50. The van der Waals surface area contributed by atoms with Crippen LogP contribution in [0.4, 0.5) is 5.69 Å². The molecule has 3 nitrogen and oxygen atoms in total. The lowest BCUT2D eigenvalue weighted by Gasteiger charge is -2.13. The predicted molar refractivity (Wildman–Crippen MR) is 91.8 cm³/mol. The van der Waals surface area contributed by atoms with Crippen LogP contribution in [0.3, 0.4) is 0 Å². The summed E-state index contributed by atoms with van der Waals surface area (Å²) in [6, 6.07) is 7.67. The molecule has 3 rings (SSSR count). The molecule has 1 unspecified atom stereocenters. The number of benzene rings is 1. The zero-order valence-corrected chi connectivity index (χ0v) is 15.0. The van der Waals surface area contributed by atoms with Gasteiger partial charge < -0.3 is 10.4 Å². The van der Waals surface area contributed by atoms with Crippen LogP contribution in [0, 0.1) is 0 Å². The number of anilines is 1. The number of carbonyl (C=O) groups excluding carboxylic acids is 1. The minimum absolute atomic E-state index is 0.0631. The highest BCUT2D eigenvalue weighted by Gasteiger charge is 2.18. The maximum absolute atomic E-state index is 11.6. The Hall–Kier alpha value is -0.690. The van der Waals surface area contributed by atoms with Crippen molar-refractivity contribution in [2.75, 3.05) is 5.32 Å². The van der Waals surface area contributed by atoms with Crippen LogP contribution in [0.5, 0.6) is 0 Å². The molecule has 2 heterocycles. The Morgan fingerprint density at radius 3 is 2.76 bits per heavy atom. The molecule has 1 aliphatic rings. The third kappa shape index (κ3) is 3.23. The van der Waals surface area contributed by atoms with Gasteiger partial charge in [0.1, 0.15) is 6.10 Å². The molecule has 110 valence electrons. The molecule has 0 radical (unpaired) electrons. The van der Waals surface area contributed by atoms with Gasteiger partial charge in [-0.1, -0.05) is 12.1 Å². The first-order chi connectivity index (χ1) is 10.0. The summed E-state index contributed by atoms with van der Waals surface area (Å²) in [6.45, 7) is 0. The molecule has 0 aliphatic carbocycles. The van der Waals surface area contributed by atoms with Crippen molar-refractivity contribution in [1.29, 1.82) is 0 Å². The average molecular weight is 431 g/mol. The monoisotopic (exact) mass is 429 g/mol. The molecular weight excluding hydrogens is 418 g/mol. The molecule has 2 N–H and O–H groups in total. The normalized spacial score (nSPS) is 16.0. The Morgan fingerprint density at radius 1 is 1.24 bits per heavy atom. The van der Waals surface area contributed by atoms with E-state index in [4.69, 9.17) is 0 Å².